The van der Waals surface area contributed by atoms with Crippen molar-refractivity contribution in [3.05, 3.63) is 54.1 Å². The van der Waals surface area contributed by atoms with E-state index in [9.17, 15) is 9.59 Å². The van der Waals surface area contributed by atoms with Crippen LogP contribution in [0.15, 0.2) is 48.5 Å². The number of anilines is 2. The fourth-order valence-electron chi connectivity index (χ4n) is 3.07. The fourth-order valence-corrected chi connectivity index (χ4v) is 3.07. The van der Waals surface area contributed by atoms with Gasteiger partial charge in [-0.25, -0.2) is 4.79 Å². The number of ketones is 1. The number of amides is 2. The van der Waals surface area contributed by atoms with E-state index in [1.807, 2.05) is 0 Å². The van der Waals surface area contributed by atoms with Crippen molar-refractivity contribution in [2.75, 3.05) is 57.5 Å². The second-order valence-electron chi connectivity index (χ2n) is 6.89. The SMILES string of the molecule is COc1cccc(NC(=O)Nc2cccc(C(=O)CN3CCN(C)CC3)c2)c1. The van der Waals surface area contributed by atoms with Gasteiger partial charge >= 0.3 is 6.03 Å². The Morgan fingerprint density at radius 3 is 2.29 bits per heavy atom. The molecular formula is C21H26N4O3. The van der Waals surface area contributed by atoms with Crippen molar-refractivity contribution in [3.63, 3.8) is 0 Å². The Labute approximate surface area is 165 Å². The van der Waals surface area contributed by atoms with Crippen LogP contribution in [0.1, 0.15) is 10.4 Å². The van der Waals surface area contributed by atoms with Crippen molar-refractivity contribution in [2.45, 2.75) is 0 Å². The molecule has 0 aromatic heterocycles. The topological polar surface area (TPSA) is 73.9 Å². The summed E-state index contributed by atoms with van der Waals surface area (Å²) in [5, 5.41) is 5.53. The van der Waals surface area contributed by atoms with Gasteiger partial charge in [-0.05, 0) is 31.3 Å². The van der Waals surface area contributed by atoms with Gasteiger partial charge in [0.15, 0.2) is 5.78 Å². The molecule has 148 valence electrons. The smallest absolute Gasteiger partial charge is 0.323 e. The number of nitrogens with one attached hydrogen (secondary N) is 2. The maximum Gasteiger partial charge on any atom is 0.323 e. The summed E-state index contributed by atoms with van der Waals surface area (Å²) in [6, 6.07) is 13.8. The van der Waals surface area contributed by atoms with E-state index >= 15 is 0 Å². The number of Topliss-reactive ketones (excluding diaryl/α,β-unsaturated/α-hetero) is 1. The summed E-state index contributed by atoms with van der Waals surface area (Å²) in [6.07, 6.45) is 0. The first-order valence-electron chi connectivity index (χ1n) is 9.30. The summed E-state index contributed by atoms with van der Waals surface area (Å²) < 4.78 is 5.15. The van der Waals surface area contributed by atoms with Gasteiger partial charge in [0.25, 0.3) is 0 Å². The Balaban J connectivity index is 1.57. The Morgan fingerprint density at radius 2 is 1.61 bits per heavy atom. The lowest BCUT2D eigenvalue weighted by molar-refractivity contribution is 0.0876. The number of hydrogen-bond donors (Lipinski definition) is 2. The molecule has 1 heterocycles. The number of benzene rings is 2. The van der Waals surface area contributed by atoms with E-state index in [4.69, 9.17) is 4.74 Å². The predicted octanol–water partition coefficient (Wildman–Crippen LogP) is 2.77. The van der Waals surface area contributed by atoms with Gasteiger partial charge in [-0.15, -0.1) is 0 Å². The zero-order valence-corrected chi connectivity index (χ0v) is 16.3. The number of methoxy groups -OCH3 is 1. The van der Waals surface area contributed by atoms with Crippen LogP contribution < -0.4 is 15.4 Å². The van der Waals surface area contributed by atoms with E-state index in [0.29, 0.717) is 29.2 Å². The van der Waals surface area contributed by atoms with Crippen LogP contribution in [0.2, 0.25) is 0 Å². The Morgan fingerprint density at radius 1 is 0.964 bits per heavy atom. The quantitative estimate of drug-likeness (QED) is 0.752. The number of carbonyl (C=O) groups excluding carboxylic acids is 2. The van der Waals surface area contributed by atoms with Gasteiger partial charge < -0.3 is 20.3 Å². The zero-order valence-electron chi connectivity index (χ0n) is 16.3. The maximum absolute atomic E-state index is 12.6. The number of carbonyl (C=O) groups is 2. The highest BCUT2D eigenvalue weighted by Crippen LogP contribution is 2.18. The fraction of sp³-hybridized carbons (Fsp3) is 0.333. The third kappa shape index (κ3) is 5.55. The first-order chi connectivity index (χ1) is 13.5. The van der Waals surface area contributed by atoms with Crippen LogP contribution >= 0.6 is 0 Å². The zero-order chi connectivity index (χ0) is 19.9. The molecule has 2 amide bonds. The molecule has 28 heavy (non-hydrogen) atoms. The van der Waals surface area contributed by atoms with Crippen molar-refractivity contribution in [2.24, 2.45) is 0 Å². The lowest BCUT2D eigenvalue weighted by Crippen LogP contribution is -2.46. The van der Waals surface area contributed by atoms with Crippen LogP contribution in [0, 0.1) is 0 Å². The second-order valence-corrected chi connectivity index (χ2v) is 6.89. The average Bonchev–Trinajstić information content (AvgIpc) is 2.70. The van der Waals surface area contributed by atoms with Crippen LogP contribution in [0.3, 0.4) is 0 Å². The standard InChI is InChI=1S/C21H26N4O3/c1-24-9-11-25(12-10-24)15-20(26)16-5-3-6-17(13-16)22-21(27)23-18-7-4-8-19(14-18)28-2/h3-8,13-14H,9-12,15H2,1-2H3,(H2,22,23,27). The molecule has 1 saturated heterocycles. The van der Waals surface area contributed by atoms with Crippen LogP contribution in [-0.4, -0.2) is 68.5 Å². The van der Waals surface area contributed by atoms with Gasteiger partial charge in [-0.1, -0.05) is 18.2 Å². The molecule has 7 nitrogen and oxygen atoms in total. The molecule has 0 aliphatic carbocycles. The molecule has 1 aliphatic rings. The average molecular weight is 382 g/mol. The summed E-state index contributed by atoms with van der Waals surface area (Å²) in [5.74, 6) is 0.718. The van der Waals surface area contributed by atoms with Gasteiger partial charge in [0.1, 0.15) is 5.75 Å². The monoisotopic (exact) mass is 382 g/mol. The number of rotatable bonds is 6. The summed E-state index contributed by atoms with van der Waals surface area (Å²) in [7, 11) is 3.66. The normalized spacial score (nSPS) is 15.1. The second kappa shape index (κ2) is 9.34. The Kier molecular flexibility index (Phi) is 6.62. The van der Waals surface area contributed by atoms with Crippen LogP contribution in [0.25, 0.3) is 0 Å². The molecule has 2 aromatic rings. The summed E-state index contributed by atoms with van der Waals surface area (Å²) in [5.41, 5.74) is 1.79. The van der Waals surface area contributed by atoms with Crippen molar-refractivity contribution >= 4 is 23.2 Å². The predicted molar refractivity (Wildman–Crippen MR) is 110 cm³/mol. The highest BCUT2D eigenvalue weighted by Gasteiger charge is 2.17. The summed E-state index contributed by atoms with van der Waals surface area (Å²) in [4.78, 5) is 29.3. The molecule has 0 radical (unpaired) electrons. The number of urea groups is 1. The molecule has 0 saturated carbocycles. The molecule has 0 bridgehead atoms. The van der Waals surface area contributed by atoms with E-state index < -0.39 is 0 Å². The van der Waals surface area contributed by atoms with E-state index in [0.717, 1.165) is 26.2 Å². The molecule has 0 spiro atoms. The Bertz CT molecular complexity index is 832. The van der Waals surface area contributed by atoms with Crippen LogP contribution in [0.5, 0.6) is 5.75 Å². The molecule has 1 aliphatic heterocycles. The first-order valence-corrected chi connectivity index (χ1v) is 9.30. The molecule has 3 rings (SSSR count). The number of ether oxygens (including phenoxy) is 1. The molecule has 7 heteroatoms. The van der Waals surface area contributed by atoms with Crippen LogP contribution in [-0.2, 0) is 0 Å². The van der Waals surface area contributed by atoms with Gasteiger partial charge in [0.2, 0.25) is 0 Å². The molecule has 2 aromatic carbocycles. The molecule has 2 N–H and O–H groups in total. The first kappa shape index (κ1) is 19.9. The van der Waals surface area contributed by atoms with Crippen molar-refractivity contribution in [3.8, 4) is 5.75 Å². The van der Waals surface area contributed by atoms with E-state index in [-0.39, 0.29) is 11.8 Å². The number of nitrogens with zero attached hydrogens (tertiary/aromatic N) is 2. The maximum atomic E-state index is 12.6. The highest BCUT2D eigenvalue weighted by molar-refractivity contribution is 6.02. The number of likely N-dealkylation sites (N-methyl/N-ethyl adjacent to an activating group) is 1. The van der Waals surface area contributed by atoms with Crippen molar-refractivity contribution in [1.29, 1.82) is 0 Å². The van der Waals surface area contributed by atoms with Gasteiger partial charge in [-0.2, -0.15) is 0 Å². The highest BCUT2D eigenvalue weighted by atomic mass is 16.5. The van der Waals surface area contributed by atoms with Gasteiger partial charge in [0, 0.05) is 49.2 Å². The number of piperazine rings is 1. The summed E-state index contributed by atoms with van der Waals surface area (Å²) in [6.45, 7) is 4.12. The molecule has 0 unspecified atom stereocenters. The lowest BCUT2D eigenvalue weighted by atomic mass is 10.1. The molecule has 1 fully saturated rings. The largest absolute Gasteiger partial charge is 0.497 e. The minimum absolute atomic E-state index is 0.0569. The van der Waals surface area contributed by atoms with Gasteiger partial charge in [-0.3, -0.25) is 9.69 Å². The third-order valence-electron chi connectivity index (χ3n) is 4.73. The lowest BCUT2D eigenvalue weighted by Gasteiger charge is -2.31. The van der Waals surface area contributed by atoms with Crippen LogP contribution in [0.4, 0.5) is 16.2 Å². The summed E-state index contributed by atoms with van der Waals surface area (Å²) >= 11 is 0. The Hall–Kier alpha value is -2.90. The van der Waals surface area contributed by atoms with E-state index in [2.05, 4.69) is 27.5 Å². The minimum Gasteiger partial charge on any atom is -0.497 e. The van der Waals surface area contributed by atoms with E-state index in [1.54, 1.807) is 55.6 Å². The van der Waals surface area contributed by atoms with Gasteiger partial charge in [0.05, 0.1) is 13.7 Å². The third-order valence-corrected chi connectivity index (χ3v) is 4.73. The minimum atomic E-state index is -0.378. The molecule has 0 atom stereocenters. The van der Waals surface area contributed by atoms with Crippen molar-refractivity contribution in [1.82, 2.24) is 9.80 Å². The van der Waals surface area contributed by atoms with Crippen molar-refractivity contribution < 1.29 is 14.3 Å². The number of hydrogen-bond acceptors (Lipinski definition) is 5. The molecular weight excluding hydrogens is 356 g/mol. The van der Waals surface area contributed by atoms with E-state index in [1.165, 1.54) is 0 Å².